The first-order chi connectivity index (χ1) is 8.40. The molecule has 0 saturated carbocycles. The van der Waals surface area contributed by atoms with Gasteiger partial charge < -0.3 is 4.90 Å². The highest BCUT2D eigenvalue weighted by molar-refractivity contribution is 8.13. The second-order valence-corrected chi connectivity index (χ2v) is 6.14. The van der Waals surface area contributed by atoms with E-state index in [0.29, 0.717) is 13.1 Å². The average Bonchev–Trinajstić information content (AvgIpc) is 2.76. The fourth-order valence-electron chi connectivity index (χ4n) is 1.44. The van der Waals surface area contributed by atoms with Gasteiger partial charge in [-0.05, 0) is 12.8 Å². The number of rotatable bonds is 5. The van der Waals surface area contributed by atoms with Crippen LogP contribution in [0.5, 0.6) is 0 Å². The first-order valence-electron chi connectivity index (χ1n) is 5.55. The molecule has 102 valence electrons. The highest BCUT2D eigenvalue weighted by Crippen LogP contribution is 2.08. The highest BCUT2D eigenvalue weighted by Gasteiger charge is 2.20. The number of nitrogens with zero attached hydrogens (tertiary/aromatic N) is 4. The largest absolute Gasteiger partial charge is 0.346 e. The number of carbonyl (C=O) groups is 1. The molecule has 0 aliphatic heterocycles. The van der Waals surface area contributed by atoms with Gasteiger partial charge in [-0.25, -0.2) is 18.2 Å². The summed E-state index contributed by atoms with van der Waals surface area (Å²) in [6, 6.07) is -0.405. The van der Waals surface area contributed by atoms with E-state index in [9.17, 15) is 13.2 Å². The number of carbonyl (C=O) groups excluding carboxylic acids is 1. The van der Waals surface area contributed by atoms with E-state index < -0.39 is 20.2 Å². The summed E-state index contributed by atoms with van der Waals surface area (Å²) in [5.74, 6) is 0. The van der Waals surface area contributed by atoms with Gasteiger partial charge in [-0.1, -0.05) is 13.8 Å². The molecule has 0 spiro atoms. The predicted octanol–water partition coefficient (Wildman–Crippen LogP) is 1.30. The van der Waals surface area contributed by atoms with Crippen molar-refractivity contribution >= 4 is 25.8 Å². The zero-order valence-corrected chi connectivity index (χ0v) is 11.8. The number of hydrogen-bond acceptors (Lipinski definition) is 5. The summed E-state index contributed by atoms with van der Waals surface area (Å²) >= 11 is 0. The van der Waals surface area contributed by atoms with Gasteiger partial charge in [-0.15, -0.1) is 5.10 Å². The zero-order valence-electron chi connectivity index (χ0n) is 10.2. The van der Waals surface area contributed by atoms with Gasteiger partial charge in [0, 0.05) is 23.8 Å². The Balaban J connectivity index is 2.92. The topological polar surface area (TPSA) is 85.2 Å². The van der Waals surface area contributed by atoms with E-state index in [0.717, 1.165) is 23.9 Å². The lowest BCUT2D eigenvalue weighted by molar-refractivity contribution is 0.196. The molecule has 0 aromatic carbocycles. The van der Waals surface area contributed by atoms with Crippen LogP contribution in [-0.2, 0) is 9.05 Å². The molecule has 0 unspecified atom stereocenters. The van der Waals surface area contributed by atoms with Crippen LogP contribution in [-0.4, -0.2) is 47.2 Å². The summed E-state index contributed by atoms with van der Waals surface area (Å²) in [6.07, 6.45) is 2.66. The van der Waals surface area contributed by atoms with Crippen LogP contribution < -0.4 is 0 Å². The summed E-state index contributed by atoms with van der Waals surface area (Å²) < 4.78 is 22.9. The van der Waals surface area contributed by atoms with Gasteiger partial charge in [-0.2, -0.15) is 4.68 Å². The number of amides is 1. The van der Waals surface area contributed by atoms with Gasteiger partial charge in [-0.3, -0.25) is 0 Å². The number of halogens is 1. The first-order valence-corrected chi connectivity index (χ1v) is 7.86. The molecular formula is C9H15ClN4O3S. The van der Waals surface area contributed by atoms with Crippen molar-refractivity contribution in [1.29, 1.82) is 0 Å². The smallest absolute Gasteiger partial charge is 0.323 e. The molecule has 9 heteroatoms. The number of aromatic nitrogens is 3. The molecule has 0 aliphatic carbocycles. The van der Waals surface area contributed by atoms with E-state index >= 15 is 0 Å². The van der Waals surface area contributed by atoms with Gasteiger partial charge in [0.2, 0.25) is 0 Å². The lowest BCUT2D eigenvalue weighted by Gasteiger charge is -2.20. The minimum absolute atomic E-state index is 0.405. The Morgan fingerprint density at radius 1 is 1.39 bits per heavy atom. The third-order valence-electron chi connectivity index (χ3n) is 2.14. The van der Waals surface area contributed by atoms with Crippen molar-refractivity contribution in [2.45, 2.75) is 31.8 Å². The van der Waals surface area contributed by atoms with Crippen molar-refractivity contribution in [2.24, 2.45) is 0 Å². The van der Waals surface area contributed by atoms with Gasteiger partial charge >= 0.3 is 6.03 Å². The van der Waals surface area contributed by atoms with E-state index in [1.54, 1.807) is 4.90 Å². The molecule has 1 aromatic heterocycles. The first kappa shape index (κ1) is 14.9. The van der Waals surface area contributed by atoms with Gasteiger partial charge in [0.25, 0.3) is 14.2 Å². The van der Waals surface area contributed by atoms with E-state index in [4.69, 9.17) is 10.7 Å². The van der Waals surface area contributed by atoms with Crippen LogP contribution in [0.1, 0.15) is 26.7 Å². The van der Waals surface area contributed by atoms with Crippen LogP contribution in [0.25, 0.3) is 0 Å². The molecule has 1 amide bonds. The van der Waals surface area contributed by atoms with Crippen molar-refractivity contribution in [3.63, 3.8) is 0 Å². The van der Waals surface area contributed by atoms with E-state index in [-0.39, 0.29) is 0 Å². The van der Waals surface area contributed by atoms with Crippen molar-refractivity contribution < 1.29 is 13.2 Å². The van der Waals surface area contributed by atoms with Crippen LogP contribution in [0, 0.1) is 0 Å². The van der Waals surface area contributed by atoms with Crippen molar-refractivity contribution in [2.75, 3.05) is 13.1 Å². The quantitative estimate of drug-likeness (QED) is 0.764. The van der Waals surface area contributed by atoms with Crippen LogP contribution in [0.2, 0.25) is 0 Å². The molecule has 0 N–H and O–H groups in total. The Bertz CT molecular complexity index is 508. The summed E-state index contributed by atoms with van der Waals surface area (Å²) in [5, 5.41) is 3.00. The lowest BCUT2D eigenvalue weighted by Crippen LogP contribution is -2.36. The van der Waals surface area contributed by atoms with Crippen LogP contribution in [0.4, 0.5) is 4.79 Å². The van der Waals surface area contributed by atoms with Gasteiger partial charge in [0.1, 0.15) is 6.33 Å². The standard InChI is InChI=1S/C9H15ClN4O3S/c1-3-5-13(6-4-2)9(15)14-7-11-8(12-14)18(10,16)17/h7H,3-6H2,1-2H3. The molecule has 0 bridgehead atoms. The molecular weight excluding hydrogens is 280 g/mol. The Labute approximate surface area is 110 Å². The molecule has 1 heterocycles. The number of hydrogen-bond donors (Lipinski definition) is 0. The van der Waals surface area contributed by atoms with Crippen molar-refractivity contribution in [3.05, 3.63) is 6.33 Å². The van der Waals surface area contributed by atoms with Gasteiger partial charge in [0.05, 0.1) is 0 Å². The molecule has 0 saturated heterocycles. The van der Waals surface area contributed by atoms with Crippen molar-refractivity contribution in [3.8, 4) is 0 Å². The fraction of sp³-hybridized carbons (Fsp3) is 0.667. The molecule has 7 nitrogen and oxygen atoms in total. The van der Waals surface area contributed by atoms with Gasteiger partial charge in [0.15, 0.2) is 0 Å². The Kier molecular flexibility index (Phi) is 5.09. The minimum atomic E-state index is -4.01. The van der Waals surface area contributed by atoms with E-state index in [1.807, 2.05) is 13.8 Å². The van der Waals surface area contributed by atoms with Crippen molar-refractivity contribution in [1.82, 2.24) is 19.7 Å². The molecule has 1 rings (SSSR count). The maximum Gasteiger partial charge on any atom is 0.346 e. The normalized spacial score (nSPS) is 11.5. The summed E-state index contributed by atoms with van der Waals surface area (Å²) in [5.41, 5.74) is 0. The maximum atomic E-state index is 12.0. The van der Waals surface area contributed by atoms with Crippen LogP contribution in [0.15, 0.2) is 11.5 Å². The Morgan fingerprint density at radius 3 is 2.33 bits per heavy atom. The lowest BCUT2D eigenvalue weighted by atomic mass is 10.4. The third-order valence-corrected chi connectivity index (χ3v) is 3.18. The molecule has 1 aromatic rings. The summed E-state index contributed by atoms with van der Waals surface area (Å²) in [6.45, 7) is 5.06. The highest BCUT2D eigenvalue weighted by atomic mass is 35.7. The fourth-order valence-corrected chi connectivity index (χ4v) is 2.01. The molecule has 0 atom stereocenters. The maximum absolute atomic E-state index is 12.0. The minimum Gasteiger partial charge on any atom is -0.323 e. The summed E-state index contributed by atoms with van der Waals surface area (Å²) in [4.78, 5) is 17.1. The SMILES string of the molecule is CCCN(CCC)C(=O)n1cnc(S(=O)(=O)Cl)n1. The molecule has 0 fully saturated rings. The predicted molar refractivity (Wildman–Crippen MR) is 66.0 cm³/mol. The average molecular weight is 295 g/mol. The van der Waals surface area contributed by atoms with Crippen LogP contribution >= 0.6 is 10.7 Å². The Morgan fingerprint density at radius 2 is 1.94 bits per heavy atom. The Hall–Kier alpha value is -1.15. The zero-order chi connectivity index (χ0) is 13.8. The summed E-state index contributed by atoms with van der Waals surface area (Å²) in [7, 11) is 1.08. The molecule has 18 heavy (non-hydrogen) atoms. The molecule has 0 aliphatic rings. The van der Waals surface area contributed by atoms with E-state index in [2.05, 4.69) is 10.1 Å². The monoisotopic (exact) mass is 294 g/mol. The third kappa shape index (κ3) is 3.67. The van der Waals surface area contributed by atoms with E-state index in [1.165, 1.54) is 0 Å². The second-order valence-electron chi connectivity index (χ2n) is 3.68. The van der Waals surface area contributed by atoms with Crippen LogP contribution in [0.3, 0.4) is 0 Å². The molecule has 0 radical (unpaired) electrons. The second kappa shape index (κ2) is 6.14.